The highest BCUT2D eigenvalue weighted by molar-refractivity contribution is 7.16. The van der Waals surface area contributed by atoms with Crippen LogP contribution < -0.4 is 10.6 Å². The Kier molecular flexibility index (Phi) is 5.46. The fourth-order valence-corrected chi connectivity index (χ4v) is 2.88. The molecule has 0 spiro atoms. The SMILES string of the molecule is CCNC(=O)CN(CC)Cc1nc(NC)c2ccsc2n1. The van der Waals surface area contributed by atoms with Gasteiger partial charge in [0.15, 0.2) is 0 Å². The van der Waals surface area contributed by atoms with Crippen molar-refractivity contribution in [3.63, 3.8) is 0 Å². The standard InChI is InChI=1S/C14H21N5OS/c1-4-16-12(20)9-19(5-2)8-11-17-13(15-3)10-6-7-21-14(10)18-11/h6-7H,4-5,8-9H2,1-3H3,(H,16,20)(H,15,17,18). The highest BCUT2D eigenvalue weighted by atomic mass is 32.1. The summed E-state index contributed by atoms with van der Waals surface area (Å²) >= 11 is 1.60. The largest absolute Gasteiger partial charge is 0.372 e. The van der Waals surface area contributed by atoms with Crippen molar-refractivity contribution in [3.8, 4) is 0 Å². The van der Waals surface area contributed by atoms with Crippen LogP contribution in [-0.4, -0.2) is 47.5 Å². The molecule has 0 atom stereocenters. The number of hydrogen-bond acceptors (Lipinski definition) is 6. The predicted octanol–water partition coefficient (Wildman–Crippen LogP) is 1.69. The molecule has 21 heavy (non-hydrogen) atoms. The summed E-state index contributed by atoms with van der Waals surface area (Å²) in [6.45, 7) is 6.31. The number of hydrogen-bond donors (Lipinski definition) is 2. The first-order valence-corrected chi connectivity index (χ1v) is 7.96. The highest BCUT2D eigenvalue weighted by Gasteiger charge is 2.13. The number of nitrogens with zero attached hydrogens (tertiary/aromatic N) is 3. The number of carbonyl (C=O) groups excluding carboxylic acids is 1. The summed E-state index contributed by atoms with van der Waals surface area (Å²) in [5.74, 6) is 1.61. The molecule has 0 aliphatic carbocycles. The Bertz CT molecular complexity index is 612. The number of amides is 1. The Labute approximate surface area is 128 Å². The molecule has 2 aromatic rings. The van der Waals surface area contributed by atoms with E-state index < -0.39 is 0 Å². The Balaban J connectivity index is 2.15. The van der Waals surface area contributed by atoms with Crippen LogP contribution in [0.3, 0.4) is 0 Å². The first-order chi connectivity index (χ1) is 10.2. The third-order valence-corrected chi connectivity index (χ3v) is 3.97. The molecule has 0 aliphatic rings. The fraction of sp³-hybridized carbons (Fsp3) is 0.500. The van der Waals surface area contributed by atoms with Gasteiger partial charge in [-0.15, -0.1) is 11.3 Å². The highest BCUT2D eigenvalue weighted by Crippen LogP contribution is 2.24. The summed E-state index contributed by atoms with van der Waals surface area (Å²) < 4.78 is 0. The smallest absolute Gasteiger partial charge is 0.234 e. The molecule has 114 valence electrons. The maximum absolute atomic E-state index is 11.7. The normalized spacial score (nSPS) is 11.0. The van der Waals surface area contributed by atoms with E-state index >= 15 is 0 Å². The van der Waals surface area contributed by atoms with Crippen molar-refractivity contribution in [2.75, 3.05) is 32.0 Å². The molecule has 0 bridgehead atoms. The van der Waals surface area contributed by atoms with Crippen molar-refractivity contribution in [2.45, 2.75) is 20.4 Å². The zero-order valence-electron chi connectivity index (χ0n) is 12.6. The van der Waals surface area contributed by atoms with Gasteiger partial charge in [-0.05, 0) is 24.9 Å². The van der Waals surface area contributed by atoms with Crippen LogP contribution in [0.5, 0.6) is 0 Å². The lowest BCUT2D eigenvalue weighted by Crippen LogP contribution is -2.37. The van der Waals surface area contributed by atoms with Gasteiger partial charge in [0.05, 0.1) is 18.5 Å². The van der Waals surface area contributed by atoms with Crippen LogP contribution in [0.15, 0.2) is 11.4 Å². The molecule has 0 radical (unpaired) electrons. The van der Waals surface area contributed by atoms with Crippen LogP contribution in [0.1, 0.15) is 19.7 Å². The number of fused-ring (bicyclic) bond motifs is 1. The van der Waals surface area contributed by atoms with Gasteiger partial charge in [-0.1, -0.05) is 6.92 Å². The summed E-state index contributed by atoms with van der Waals surface area (Å²) in [6, 6.07) is 2.02. The topological polar surface area (TPSA) is 70.2 Å². The molecule has 0 aromatic carbocycles. The van der Waals surface area contributed by atoms with Gasteiger partial charge in [0.25, 0.3) is 0 Å². The number of thiophene rings is 1. The lowest BCUT2D eigenvalue weighted by molar-refractivity contribution is -0.122. The Morgan fingerprint density at radius 3 is 2.86 bits per heavy atom. The number of likely N-dealkylation sites (N-methyl/N-ethyl adjacent to an activating group) is 2. The molecule has 2 rings (SSSR count). The molecule has 0 unspecified atom stereocenters. The van der Waals surface area contributed by atoms with Crippen molar-refractivity contribution < 1.29 is 4.79 Å². The van der Waals surface area contributed by atoms with Gasteiger partial charge in [0.2, 0.25) is 5.91 Å². The van der Waals surface area contributed by atoms with E-state index in [1.54, 1.807) is 11.3 Å². The lowest BCUT2D eigenvalue weighted by Gasteiger charge is -2.19. The van der Waals surface area contributed by atoms with Gasteiger partial charge in [0, 0.05) is 13.6 Å². The van der Waals surface area contributed by atoms with Crippen molar-refractivity contribution in [3.05, 3.63) is 17.3 Å². The maximum Gasteiger partial charge on any atom is 0.234 e. The van der Waals surface area contributed by atoms with E-state index in [0.29, 0.717) is 19.6 Å². The fourth-order valence-electron chi connectivity index (χ4n) is 2.10. The zero-order valence-corrected chi connectivity index (χ0v) is 13.5. The van der Waals surface area contributed by atoms with Crippen molar-refractivity contribution in [2.24, 2.45) is 0 Å². The Hall–Kier alpha value is -1.73. The van der Waals surface area contributed by atoms with Crippen molar-refractivity contribution in [1.82, 2.24) is 20.2 Å². The van der Waals surface area contributed by atoms with Gasteiger partial charge in [0.1, 0.15) is 16.5 Å². The number of nitrogens with one attached hydrogen (secondary N) is 2. The van der Waals surface area contributed by atoms with E-state index in [-0.39, 0.29) is 5.91 Å². The van der Waals surface area contributed by atoms with Crippen LogP contribution in [0.2, 0.25) is 0 Å². The molecule has 7 heteroatoms. The average Bonchev–Trinajstić information content (AvgIpc) is 2.94. The molecular weight excluding hydrogens is 286 g/mol. The van der Waals surface area contributed by atoms with Crippen LogP contribution in [0.4, 0.5) is 5.82 Å². The molecule has 2 N–H and O–H groups in total. The molecule has 1 amide bonds. The van der Waals surface area contributed by atoms with Gasteiger partial charge in [-0.3, -0.25) is 9.69 Å². The van der Waals surface area contributed by atoms with Crippen LogP contribution in [0, 0.1) is 0 Å². The molecular formula is C14H21N5OS. The first-order valence-electron chi connectivity index (χ1n) is 7.08. The summed E-state index contributed by atoms with van der Waals surface area (Å²) in [4.78, 5) is 23.8. The minimum absolute atomic E-state index is 0.0328. The second kappa shape index (κ2) is 7.33. The molecule has 0 saturated heterocycles. The molecule has 2 aromatic heterocycles. The number of anilines is 1. The minimum atomic E-state index is 0.0328. The number of rotatable bonds is 7. The molecule has 6 nitrogen and oxygen atoms in total. The van der Waals surface area contributed by atoms with Gasteiger partial charge in [-0.25, -0.2) is 9.97 Å². The minimum Gasteiger partial charge on any atom is -0.372 e. The third-order valence-electron chi connectivity index (χ3n) is 3.16. The zero-order chi connectivity index (χ0) is 15.2. The first kappa shape index (κ1) is 15.7. The average molecular weight is 307 g/mol. The monoisotopic (exact) mass is 307 g/mol. The van der Waals surface area contributed by atoms with Crippen molar-refractivity contribution in [1.29, 1.82) is 0 Å². The lowest BCUT2D eigenvalue weighted by atomic mass is 10.3. The van der Waals surface area contributed by atoms with Gasteiger partial charge >= 0.3 is 0 Å². The number of aromatic nitrogens is 2. The predicted molar refractivity (Wildman–Crippen MR) is 86.6 cm³/mol. The van der Waals surface area contributed by atoms with Crippen molar-refractivity contribution >= 4 is 33.3 Å². The summed E-state index contributed by atoms with van der Waals surface area (Å²) in [5, 5.41) is 8.97. The van der Waals surface area contributed by atoms with Gasteiger partial charge < -0.3 is 10.6 Å². The second-order valence-corrected chi connectivity index (χ2v) is 5.53. The van der Waals surface area contributed by atoms with E-state index in [0.717, 1.165) is 28.4 Å². The summed E-state index contributed by atoms with van der Waals surface area (Å²) in [7, 11) is 1.86. The van der Waals surface area contributed by atoms with E-state index in [4.69, 9.17) is 0 Å². The quantitative estimate of drug-likeness (QED) is 0.814. The maximum atomic E-state index is 11.7. The molecule has 0 aliphatic heterocycles. The summed E-state index contributed by atoms with van der Waals surface area (Å²) in [6.07, 6.45) is 0. The second-order valence-electron chi connectivity index (χ2n) is 4.63. The number of carbonyl (C=O) groups is 1. The van der Waals surface area contributed by atoms with Crippen LogP contribution in [0.25, 0.3) is 10.2 Å². The van der Waals surface area contributed by atoms with E-state index in [1.165, 1.54) is 0 Å². The third kappa shape index (κ3) is 3.89. The summed E-state index contributed by atoms with van der Waals surface area (Å²) in [5.41, 5.74) is 0. The van der Waals surface area contributed by atoms with E-state index in [2.05, 4.69) is 20.6 Å². The van der Waals surface area contributed by atoms with Gasteiger partial charge in [-0.2, -0.15) is 0 Å². The Morgan fingerprint density at radius 1 is 1.38 bits per heavy atom. The van der Waals surface area contributed by atoms with E-state index in [9.17, 15) is 4.79 Å². The van der Waals surface area contributed by atoms with Crippen LogP contribution in [-0.2, 0) is 11.3 Å². The Morgan fingerprint density at radius 2 is 2.19 bits per heavy atom. The van der Waals surface area contributed by atoms with Crippen LogP contribution >= 0.6 is 11.3 Å². The molecule has 0 fully saturated rings. The van der Waals surface area contributed by atoms with E-state index in [1.807, 2.05) is 37.2 Å². The molecule has 0 saturated carbocycles. The molecule has 2 heterocycles.